The van der Waals surface area contributed by atoms with E-state index in [1.165, 1.54) is 5.56 Å². The number of aromatic nitrogens is 2. The molecule has 2 aromatic rings. The molecular formula is C16H21N3. The van der Waals surface area contributed by atoms with Gasteiger partial charge in [0.2, 0.25) is 0 Å². The smallest absolute Gasteiger partial charge is 0.145 e. The average molecular weight is 255 g/mol. The second-order valence-corrected chi connectivity index (χ2v) is 5.00. The Labute approximate surface area is 115 Å². The van der Waals surface area contributed by atoms with Crippen LogP contribution < -0.4 is 5.32 Å². The minimum absolute atomic E-state index is 0.386. The van der Waals surface area contributed by atoms with Gasteiger partial charge in [-0.25, -0.2) is 4.98 Å². The molecule has 0 amide bonds. The van der Waals surface area contributed by atoms with E-state index in [-0.39, 0.29) is 0 Å². The zero-order valence-electron chi connectivity index (χ0n) is 11.9. The van der Waals surface area contributed by atoms with Crippen molar-refractivity contribution in [1.82, 2.24) is 9.97 Å². The molecule has 1 unspecified atom stereocenters. The number of hydrogen-bond acceptors (Lipinski definition) is 3. The van der Waals surface area contributed by atoms with Crippen molar-refractivity contribution in [3.8, 4) is 0 Å². The van der Waals surface area contributed by atoms with Crippen molar-refractivity contribution >= 4 is 5.82 Å². The van der Waals surface area contributed by atoms with Crippen LogP contribution in [0, 0.1) is 13.8 Å². The predicted octanol–water partition coefficient (Wildman–Crippen LogP) is 3.53. The zero-order valence-corrected chi connectivity index (χ0v) is 11.9. The topological polar surface area (TPSA) is 37.8 Å². The summed E-state index contributed by atoms with van der Waals surface area (Å²) in [6.07, 6.45) is 3.97. The van der Waals surface area contributed by atoms with E-state index in [1.807, 2.05) is 13.8 Å². The third-order valence-electron chi connectivity index (χ3n) is 3.30. The molecule has 0 fully saturated rings. The van der Waals surface area contributed by atoms with Gasteiger partial charge < -0.3 is 5.32 Å². The average Bonchev–Trinajstić information content (AvgIpc) is 2.42. The second kappa shape index (κ2) is 6.32. The molecule has 1 aromatic carbocycles. The summed E-state index contributed by atoms with van der Waals surface area (Å²) in [5, 5.41) is 3.41. The molecule has 0 aliphatic rings. The van der Waals surface area contributed by atoms with Crippen molar-refractivity contribution in [3.05, 3.63) is 53.5 Å². The van der Waals surface area contributed by atoms with E-state index in [0.717, 1.165) is 30.0 Å². The number of anilines is 1. The first-order valence-electron chi connectivity index (χ1n) is 6.76. The van der Waals surface area contributed by atoms with Gasteiger partial charge in [0, 0.05) is 6.04 Å². The van der Waals surface area contributed by atoms with Crippen molar-refractivity contribution in [2.75, 3.05) is 5.32 Å². The summed E-state index contributed by atoms with van der Waals surface area (Å²) in [6, 6.07) is 10.9. The van der Waals surface area contributed by atoms with E-state index in [2.05, 4.69) is 52.5 Å². The Hall–Kier alpha value is -1.90. The highest BCUT2D eigenvalue weighted by molar-refractivity contribution is 5.34. The summed E-state index contributed by atoms with van der Waals surface area (Å²) in [6.45, 7) is 6.15. The largest absolute Gasteiger partial charge is 0.366 e. The molecule has 0 spiro atoms. The van der Waals surface area contributed by atoms with Gasteiger partial charge in [-0.05, 0) is 39.2 Å². The first-order chi connectivity index (χ1) is 9.15. The van der Waals surface area contributed by atoms with Crippen molar-refractivity contribution < 1.29 is 0 Å². The summed E-state index contributed by atoms with van der Waals surface area (Å²) in [5.74, 6) is 0.865. The Bertz CT molecular complexity index is 523. The van der Waals surface area contributed by atoms with Crippen molar-refractivity contribution in [2.24, 2.45) is 0 Å². The first-order valence-corrected chi connectivity index (χ1v) is 6.76. The fourth-order valence-corrected chi connectivity index (χ4v) is 1.96. The lowest BCUT2D eigenvalue weighted by molar-refractivity contribution is 0.701. The number of nitrogens with zero attached hydrogens (tertiary/aromatic N) is 2. The second-order valence-electron chi connectivity index (χ2n) is 5.00. The van der Waals surface area contributed by atoms with Gasteiger partial charge in [-0.3, -0.25) is 4.98 Å². The van der Waals surface area contributed by atoms with Crippen LogP contribution in [0.15, 0.2) is 36.5 Å². The zero-order chi connectivity index (χ0) is 13.7. The minimum atomic E-state index is 0.386. The van der Waals surface area contributed by atoms with E-state index >= 15 is 0 Å². The predicted molar refractivity (Wildman–Crippen MR) is 79.4 cm³/mol. The number of nitrogens with one attached hydrogen (secondary N) is 1. The molecule has 1 N–H and O–H groups in total. The molecular weight excluding hydrogens is 234 g/mol. The van der Waals surface area contributed by atoms with Gasteiger partial charge >= 0.3 is 0 Å². The maximum absolute atomic E-state index is 4.49. The van der Waals surface area contributed by atoms with Gasteiger partial charge in [-0.2, -0.15) is 0 Å². The Balaban J connectivity index is 1.87. The fraction of sp³-hybridized carbons (Fsp3) is 0.375. The van der Waals surface area contributed by atoms with Crippen LogP contribution in [-0.2, 0) is 6.42 Å². The van der Waals surface area contributed by atoms with Crippen LogP contribution in [0.5, 0.6) is 0 Å². The summed E-state index contributed by atoms with van der Waals surface area (Å²) in [5.41, 5.74) is 3.35. The molecule has 2 rings (SSSR count). The molecule has 0 radical (unpaired) electrons. The SMILES string of the molecule is Cc1ncc(NC(C)CCc2ccccc2)nc1C. The van der Waals surface area contributed by atoms with Crippen LogP contribution in [0.2, 0.25) is 0 Å². The lowest BCUT2D eigenvalue weighted by Gasteiger charge is -2.15. The van der Waals surface area contributed by atoms with E-state index in [0.29, 0.717) is 6.04 Å². The summed E-state index contributed by atoms with van der Waals surface area (Å²) in [7, 11) is 0. The quantitative estimate of drug-likeness (QED) is 0.888. The Kier molecular flexibility index (Phi) is 4.50. The molecule has 100 valence electrons. The molecule has 1 aromatic heterocycles. The molecule has 19 heavy (non-hydrogen) atoms. The molecule has 3 nitrogen and oxygen atoms in total. The van der Waals surface area contributed by atoms with Crippen LogP contribution >= 0.6 is 0 Å². The van der Waals surface area contributed by atoms with Crippen LogP contribution in [0.25, 0.3) is 0 Å². The molecule has 0 aliphatic heterocycles. The highest BCUT2D eigenvalue weighted by Gasteiger charge is 2.05. The third kappa shape index (κ3) is 4.05. The van der Waals surface area contributed by atoms with Crippen LogP contribution in [-0.4, -0.2) is 16.0 Å². The molecule has 1 heterocycles. The van der Waals surface area contributed by atoms with Gasteiger partial charge in [-0.1, -0.05) is 30.3 Å². The maximum atomic E-state index is 4.49. The summed E-state index contributed by atoms with van der Waals surface area (Å²) < 4.78 is 0. The monoisotopic (exact) mass is 255 g/mol. The normalized spacial score (nSPS) is 12.2. The fourth-order valence-electron chi connectivity index (χ4n) is 1.96. The van der Waals surface area contributed by atoms with Gasteiger partial charge in [0.05, 0.1) is 17.6 Å². The molecule has 0 saturated heterocycles. The van der Waals surface area contributed by atoms with E-state index in [9.17, 15) is 0 Å². The molecule has 0 bridgehead atoms. The lowest BCUT2D eigenvalue weighted by atomic mass is 10.1. The first kappa shape index (κ1) is 13.5. The van der Waals surface area contributed by atoms with Gasteiger partial charge in [0.25, 0.3) is 0 Å². The number of rotatable bonds is 5. The van der Waals surface area contributed by atoms with Crippen LogP contribution in [0.3, 0.4) is 0 Å². The minimum Gasteiger partial charge on any atom is -0.366 e. The van der Waals surface area contributed by atoms with E-state index < -0.39 is 0 Å². The Morgan fingerprint density at radius 1 is 1.11 bits per heavy atom. The molecule has 0 aliphatic carbocycles. The number of hydrogen-bond donors (Lipinski definition) is 1. The van der Waals surface area contributed by atoms with Gasteiger partial charge in [0.15, 0.2) is 0 Å². The number of aryl methyl sites for hydroxylation is 3. The Morgan fingerprint density at radius 3 is 2.53 bits per heavy atom. The van der Waals surface area contributed by atoms with E-state index in [1.54, 1.807) is 6.20 Å². The lowest BCUT2D eigenvalue weighted by Crippen LogP contribution is -2.17. The van der Waals surface area contributed by atoms with Crippen molar-refractivity contribution in [1.29, 1.82) is 0 Å². The number of benzene rings is 1. The van der Waals surface area contributed by atoms with Crippen LogP contribution in [0.4, 0.5) is 5.82 Å². The standard InChI is InChI=1S/C16H21N3/c1-12(9-10-15-7-5-4-6-8-15)18-16-11-17-13(2)14(3)19-16/h4-8,11-12H,9-10H2,1-3H3,(H,18,19). The third-order valence-corrected chi connectivity index (χ3v) is 3.30. The van der Waals surface area contributed by atoms with Gasteiger partial charge in [-0.15, -0.1) is 0 Å². The molecule has 0 saturated carbocycles. The highest BCUT2D eigenvalue weighted by atomic mass is 15.0. The summed E-state index contributed by atoms with van der Waals surface area (Å²) >= 11 is 0. The Morgan fingerprint density at radius 2 is 1.84 bits per heavy atom. The maximum Gasteiger partial charge on any atom is 0.145 e. The van der Waals surface area contributed by atoms with E-state index in [4.69, 9.17) is 0 Å². The van der Waals surface area contributed by atoms with Crippen molar-refractivity contribution in [3.63, 3.8) is 0 Å². The van der Waals surface area contributed by atoms with Crippen LogP contribution in [0.1, 0.15) is 30.3 Å². The highest BCUT2D eigenvalue weighted by Crippen LogP contribution is 2.10. The molecule has 3 heteroatoms. The van der Waals surface area contributed by atoms with Crippen molar-refractivity contribution in [2.45, 2.75) is 39.7 Å². The van der Waals surface area contributed by atoms with Gasteiger partial charge in [0.1, 0.15) is 5.82 Å². The molecule has 1 atom stereocenters. The summed E-state index contributed by atoms with van der Waals surface area (Å²) in [4.78, 5) is 8.82.